The summed E-state index contributed by atoms with van der Waals surface area (Å²) < 4.78 is 5.11. The SMILES string of the molecule is C=CC(=O)N(C)c1ccc(C(=O)NC(C)(CCO)COC)cc1. The zero-order chi connectivity index (χ0) is 17.5. The lowest BCUT2D eigenvalue weighted by molar-refractivity contribution is -0.113. The van der Waals surface area contributed by atoms with Crippen molar-refractivity contribution in [1.29, 1.82) is 0 Å². The van der Waals surface area contributed by atoms with Crippen LogP contribution in [0.3, 0.4) is 0 Å². The fraction of sp³-hybridized carbons (Fsp3) is 0.412. The number of ether oxygens (including phenoxy) is 1. The Labute approximate surface area is 136 Å². The van der Waals surface area contributed by atoms with E-state index in [0.717, 1.165) is 0 Å². The summed E-state index contributed by atoms with van der Waals surface area (Å²) in [4.78, 5) is 25.3. The maximum atomic E-state index is 12.3. The number of aliphatic hydroxyl groups excluding tert-OH is 1. The van der Waals surface area contributed by atoms with Gasteiger partial charge in [0.1, 0.15) is 0 Å². The Morgan fingerprint density at radius 2 is 2.00 bits per heavy atom. The summed E-state index contributed by atoms with van der Waals surface area (Å²) in [6, 6.07) is 6.67. The molecule has 0 fully saturated rings. The second-order valence-corrected chi connectivity index (χ2v) is 5.57. The van der Waals surface area contributed by atoms with Crippen LogP contribution >= 0.6 is 0 Å². The lowest BCUT2D eigenvalue weighted by Crippen LogP contribution is -2.50. The normalized spacial score (nSPS) is 13.0. The average molecular weight is 320 g/mol. The molecule has 1 aromatic rings. The molecule has 0 aliphatic rings. The number of rotatable bonds is 8. The van der Waals surface area contributed by atoms with Crippen LogP contribution in [0.5, 0.6) is 0 Å². The van der Waals surface area contributed by atoms with Gasteiger partial charge in [-0.3, -0.25) is 9.59 Å². The Balaban J connectivity index is 2.84. The van der Waals surface area contributed by atoms with Gasteiger partial charge in [0, 0.05) is 32.0 Å². The number of amides is 2. The van der Waals surface area contributed by atoms with Gasteiger partial charge in [-0.25, -0.2) is 0 Å². The first-order valence-electron chi connectivity index (χ1n) is 7.29. The molecule has 0 spiro atoms. The van der Waals surface area contributed by atoms with E-state index in [-0.39, 0.29) is 18.4 Å². The molecule has 1 rings (SSSR count). The number of carbonyl (C=O) groups is 2. The standard InChI is InChI=1S/C17H24N2O4/c1-5-15(21)19(3)14-8-6-13(7-9-14)16(22)18-17(2,10-11-20)12-23-4/h5-9,20H,1,10-12H2,2-4H3,(H,18,22). The number of carbonyl (C=O) groups excluding carboxylic acids is 2. The highest BCUT2D eigenvalue weighted by molar-refractivity contribution is 6.01. The summed E-state index contributed by atoms with van der Waals surface area (Å²) in [6.45, 7) is 5.51. The lowest BCUT2D eigenvalue weighted by Gasteiger charge is -2.29. The third-order valence-corrected chi connectivity index (χ3v) is 3.56. The number of methoxy groups -OCH3 is 1. The molecule has 6 heteroatoms. The Morgan fingerprint density at radius 3 is 2.48 bits per heavy atom. The van der Waals surface area contributed by atoms with Gasteiger partial charge in [0.05, 0.1) is 12.1 Å². The van der Waals surface area contributed by atoms with Crippen LogP contribution in [0.1, 0.15) is 23.7 Å². The van der Waals surface area contributed by atoms with Gasteiger partial charge in [0.2, 0.25) is 5.91 Å². The molecular formula is C17H24N2O4. The van der Waals surface area contributed by atoms with Crippen molar-refractivity contribution < 1.29 is 19.4 Å². The van der Waals surface area contributed by atoms with Crippen LogP contribution < -0.4 is 10.2 Å². The fourth-order valence-electron chi connectivity index (χ4n) is 2.18. The van der Waals surface area contributed by atoms with Gasteiger partial charge in [-0.1, -0.05) is 6.58 Å². The van der Waals surface area contributed by atoms with Gasteiger partial charge in [-0.2, -0.15) is 0 Å². The molecule has 126 valence electrons. The number of aliphatic hydroxyl groups is 1. The number of likely N-dealkylation sites (N-methyl/N-ethyl adjacent to an activating group) is 1. The molecule has 0 heterocycles. The second-order valence-electron chi connectivity index (χ2n) is 5.57. The first-order valence-corrected chi connectivity index (χ1v) is 7.29. The number of nitrogens with zero attached hydrogens (tertiary/aromatic N) is 1. The van der Waals surface area contributed by atoms with Gasteiger partial charge in [0.15, 0.2) is 0 Å². The van der Waals surface area contributed by atoms with E-state index in [2.05, 4.69) is 11.9 Å². The number of hydrogen-bond donors (Lipinski definition) is 2. The molecular weight excluding hydrogens is 296 g/mol. The van der Waals surface area contributed by atoms with E-state index in [0.29, 0.717) is 24.3 Å². The maximum absolute atomic E-state index is 12.3. The largest absolute Gasteiger partial charge is 0.396 e. The van der Waals surface area contributed by atoms with Crippen LogP contribution in [0, 0.1) is 0 Å². The summed E-state index contributed by atoms with van der Waals surface area (Å²) >= 11 is 0. The van der Waals surface area contributed by atoms with E-state index in [1.54, 1.807) is 38.4 Å². The highest BCUT2D eigenvalue weighted by Gasteiger charge is 2.26. The second kappa shape index (κ2) is 8.45. The third kappa shape index (κ3) is 5.19. The van der Waals surface area contributed by atoms with Crippen molar-refractivity contribution in [2.75, 3.05) is 32.3 Å². The van der Waals surface area contributed by atoms with Crippen LogP contribution in [0.2, 0.25) is 0 Å². The first kappa shape index (κ1) is 18.9. The van der Waals surface area contributed by atoms with Gasteiger partial charge >= 0.3 is 0 Å². The van der Waals surface area contributed by atoms with Crippen molar-refractivity contribution in [3.63, 3.8) is 0 Å². The zero-order valence-corrected chi connectivity index (χ0v) is 13.8. The predicted molar refractivity (Wildman–Crippen MR) is 89.5 cm³/mol. The van der Waals surface area contributed by atoms with E-state index >= 15 is 0 Å². The van der Waals surface area contributed by atoms with Crippen LogP contribution in [0.25, 0.3) is 0 Å². The molecule has 0 aliphatic heterocycles. The van der Waals surface area contributed by atoms with E-state index < -0.39 is 5.54 Å². The number of hydrogen-bond acceptors (Lipinski definition) is 4. The van der Waals surface area contributed by atoms with Gasteiger partial charge in [-0.05, 0) is 43.7 Å². The van der Waals surface area contributed by atoms with Gasteiger partial charge in [0.25, 0.3) is 5.91 Å². The molecule has 1 unspecified atom stereocenters. The Kier molecular flexibility index (Phi) is 6.93. The minimum atomic E-state index is -0.644. The Morgan fingerprint density at radius 1 is 1.39 bits per heavy atom. The summed E-state index contributed by atoms with van der Waals surface area (Å²) in [5.74, 6) is -0.486. The average Bonchev–Trinajstić information content (AvgIpc) is 2.53. The smallest absolute Gasteiger partial charge is 0.251 e. The molecule has 0 saturated carbocycles. The van der Waals surface area contributed by atoms with E-state index in [9.17, 15) is 9.59 Å². The molecule has 0 aromatic heterocycles. The van der Waals surface area contributed by atoms with Crippen molar-refractivity contribution in [3.05, 3.63) is 42.5 Å². The van der Waals surface area contributed by atoms with Crippen molar-refractivity contribution in [2.45, 2.75) is 18.9 Å². The number of nitrogens with one attached hydrogen (secondary N) is 1. The van der Waals surface area contributed by atoms with Gasteiger partial charge in [-0.15, -0.1) is 0 Å². The van der Waals surface area contributed by atoms with Gasteiger partial charge < -0.3 is 20.1 Å². The maximum Gasteiger partial charge on any atom is 0.251 e. The Bertz CT molecular complexity index is 548. The van der Waals surface area contributed by atoms with Crippen molar-refractivity contribution in [1.82, 2.24) is 5.32 Å². The summed E-state index contributed by atoms with van der Waals surface area (Å²) in [5, 5.41) is 12.0. The third-order valence-electron chi connectivity index (χ3n) is 3.56. The van der Waals surface area contributed by atoms with Crippen LogP contribution in [-0.2, 0) is 9.53 Å². The molecule has 1 aromatic carbocycles. The zero-order valence-electron chi connectivity index (χ0n) is 13.8. The van der Waals surface area contributed by atoms with Crippen molar-refractivity contribution in [2.24, 2.45) is 0 Å². The molecule has 2 amide bonds. The van der Waals surface area contributed by atoms with Crippen LogP contribution in [0.4, 0.5) is 5.69 Å². The highest BCUT2D eigenvalue weighted by Crippen LogP contribution is 2.16. The van der Waals surface area contributed by atoms with E-state index in [1.165, 1.54) is 11.0 Å². The van der Waals surface area contributed by atoms with E-state index in [4.69, 9.17) is 9.84 Å². The molecule has 2 N–H and O–H groups in total. The Hall–Kier alpha value is -2.18. The molecule has 23 heavy (non-hydrogen) atoms. The lowest BCUT2D eigenvalue weighted by atomic mass is 9.98. The number of anilines is 1. The highest BCUT2D eigenvalue weighted by atomic mass is 16.5. The monoisotopic (exact) mass is 320 g/mol. The molecule has 6 nitrogen and oxygen atoms in total. The first-order chi connectivity index (χ1) is 10.9. The predicted octanol–water partition coefficient (Wildman–Crippen LogP) is 1.35. The number of benzene rings is 1. The van der Waals surface area contributed by atoms with Crippen molar-refractivity contribution >= 4 is 17.5 Å². The molecule has 0 saturated heterocycles. The molecule has 0 bridgehead atoms. The molecule has 1 atom stereocenters. The fourth-order valence-corrected chi connectivity index (χ4v) is 2.18. The molecule has 0 radical (unpaired) electrons. The summed E-state index contributed by atoms with van der Waals surface area (Å²) in [6.07, 6.45) is 1.62. The van der Waals surface area contributed by atoms with Crippen molar-refractivity contribution in [3.8, 4) is 0 Å². The quantitative estimate of drug-likeness (QED) is 0.709. The van der Waals surface area contributed by atoms with Crippen LogP contribution in [0.15, 0.2) is 36.9 Å². The minimum absolute atomic E-state index is 0.0481. The summed E-state index contributed by atoms with van der Waals surface area (Å²) in [5.41, 5.74) is 0.490. The van der Waals surface area contributed by atoms with E-state index in [1.807, 2.05) is 6.92 Å². The summed E-state index contributed by atoms with van der Waals surface area (Å²) in [7, 11) is 3.18. The molecule has 0 aliphatic carbocycles. The minimum Gasteiger partial charge on any atom is -0.396 e. The topological polar surface area (TPSA) is 78.9 Å². The van der Waals surface area contributed by atoms with Crippen LogP contribution in [-0.4, -0.2) is 49.8 Å².